The first-order chi connectivity index (χ1) is 26.1. The van der Waals surface area contributed by atoms with Gasteiger partial charge in [-0.15, -0.1) is 0 Å². The standard InChI is InChI=1S/C39H45N11O4/c1-5-49-32(20-25(3)44-49)34(51)23-35-41-29-11-9-10-28(24-46-16-18-54-19-17-46)36(29)48(35)15-8-7-14-47-31-13-12-27(37(40)52)22-30(31)42-39(47)43-38(53)33-21-26(4)45-50(33)6-2/h7-13,20-22H,5-6,14-19,23-24H2,1-4H3,(H2,40,52)(H,42,43,53)/b8-7+. The van der Waals surface area contributed by atoms with Gasteiger partial charge in [0.15, 0.2) is 5.78 Å². The van der Waals surface area contributed by atoms with E-state index in [1.54, 1.807) is 33.6 Å². The van der Waals surface area contributed by atoms with Crippen molar-refractivity contribution in [3.63, 3.8) is 0 Å². The zero-order valence-corrected chi connectivity index (χ0v) is 31.1. The molecule has 0 atom stereocenters. The number of hydrogen-bond acceptors (Lipinski definition) is 9. The van der Waals surface area contributed by atoms with Crippen LogP contribution in [0.5, 0.6) is 0 Å². The number of fused-ring (bicyclic) bond motifs is 2. The topological polar surface area (TPSA) is 173 Å². The smallest absolute Gasteiger partial charge is 0.276 e. The molecule has 1 saturated heterocycles. The van der Waals surface area contributed by atoms with Crippen LogP contribution in [0.2, 0.25) is 0 Å². The third-order valence-electron chi connectivity index (χ3n) is 9.67. The summed E-state index contributed by atoms with van der Waals surface area (Å²) >= 11 is 0. The highest BCUT2D eigenvalue weighted by Crippen LogP contribution is 2.25. The maximum absolute atomic E-state index is 13.8. The average Bonchev–Trinajstić information content (AvgIpc) is 3.92. The Labute approximate surface area is 312 Å². The lowest BCUT2D eigenvalue weighted by Crippen LogP contribution is -2.35. The summed E-state index contributed by atoms with van der Waals surface area (Å²) in [6.07, 6.45) is 4.14. The number of aromatic nitrogens is 8. The van der Waals surface area contributed by atoms with Crippen molar-refractivity contribution in [1.82, 2.24) is 43.6 Å². The third kappa shape index (κ3) is 7.45. The Morgan fingerprint density at radius 3 is 2.24 bits per heavy atom. The van der Waals surface area contributed by atoms with Gasteiger partial charge >= 0.3 is 0 Å². The van der Waals surface area contributed by atoms with Crippen molar-refractivity contribution >= 4 is 45.6 Å². The minimum Gasteiger partial charge on any atom is -0.379 e. The van der Waals surface area contributed by atoms with E-state index in [9.17, 15) is 14.4 Å². The number of ether oxygens (including phenoxy) is 1. The average molecular weight is 732 g/mol. The quantitative estimate of drug-likeness (QED) is 0.122. The number of rotatable bonds is 14. The number of ketones is 1. The largest absolute Gasteiger partial charge is 0.379 e. The number of nitrogens with zero attached hydrogens (tertiary/aromatic N) is 9. The van der Waals surface area contributed by atoms with Gasteiger partial charge in [-0.3, -0.25) is 34.0 Å². The molecule has 1 aliphatic rings. The number of imidazole rings is 2. The molecule has 0 radical (unpaired) electrons. The van der Waals surface area contributed by atoms with Crippen molar-refractivity contribution in [2.75, 3.05) is 31.6 Å². The number of morpholine rings is 1. The number of amides is 2. The lowest BCUT2D eigenvalue weighted by atomic mass is 10.1. The lowest BCUT2D eigenvalue weighted by Gasteiger charge is -2.27. The number of allylic oxidation sites excluding steroid dienone is 2. The fourth-order valence-electron chi connectivity index (χ4n) is 7.07. The number of carbonyl (C=O) groups is 3. The van der Waals surface area contributed by atoms with Crippen LogP contribution < -0.4 is 11.1 Å². The van der Waals surface area contributed by atoms with E-state index in [4.69, 9.17) is 20.4 Å². The summed E-state index contributed by atoms with van der Waals surface area (Å²) in [5.74, 6) is 0.0206. The van der Waals surface area contributed by atoms with Crippen LogP contribution >= 0.6 is 0 Å². The molecule has 0 unspecified atom stereocenters. The van der Waals surface area contributed by atoms with Crippen molar-refractivity contribution in [2.45, 2.75) is 66.8 Å². The van der Waals surface area contributed by atoms with Gasteiger partial charge in [0, 0.05) is 51.4 Å². The summed E-state index contributed by atoms with van der Waals surface area (Å²) in [5.41, 5.74) is 12.6. The third-order valence-corrected chi connectivity index (χ3v) is 9.67. The first-order valence-corrected chi connectivity index (χ1v) is 18.3. The van der Waals surface area contributed by atoms with Gasteiger partial charge < -0.3 is 19.6 Å². The highest BCUT2D eigenvalue weighted by atomic mass is 16.5. The van der Waals surface area contributed by atoms with Crippen LogP contribution in [-0.2, 0) is 43.9 Å². The molecular weight excluding hydrogens is 687 g/mol. The minimum atomic E-state index is -0.566. The highest BCUT2D eigenvalue weighted by molar-refractivity contribution is 6.03. The molecule has 0 spiro atoms. The zero-order chi connectivity index (χ0) is 37.9. The second-order valence-electron chi connectivity index (χ2n) is 13.4. The van der Waals surface area contributed by atoms with Crippen molar-refractivity contribution in [1.29, 1.82) is 0 Å². The molecule has 4 aromatic heterocycles. The van der Waals surface area contributed by atoms with Gasteiger partial charge in [-0.25, -0.2) is 9.97 Å². The molecule has 1 aliphatic heterocycles. The number of nitrogens with two attached hydrogens (primary N) is 1. The fraction of sp³-hybridized carbons (Fsp3) is 0.359. The van der Waals surface area contributed by atoms with E-state index < -0.39 is 5.91 Å². The second kappa shape index (κ2) is 15.6. The van der Waals surface area contributed by atoms with E-state index >= 15 is 0 Å². The monoisotopic (exact) mass is 731 g/mol. The second-order valence-corrected chi connectivity index (χ2v) is 13.4. The predicted molar refractivity (Wildman–Crippen MR) is 204 cm³/mol. The summed E-state index contributed by atoms with van der Waals surface area (Å²) in [5, 5.41) is 11.9. The minimum absolute atomic E-state index is 0.0482. The molecule has 280 valence electrons. The molecule has 54 heavy (non-hydrogen) atoms. The Morgan fingerprint density at radius 2 is 1.54 bits per heavy atom. The zero-order valence-electron chi connectivity index (χ0n) is 31.1. The molecular formula is C39H45N11O4. The number of aryl methyl sites for hydroxylation is 4. The van der Waals surface area contributed by atoms with Crippen LogP contribution in [0.15, 0.2) is 60.7 Å². The number of Topliss-reactive ketones (excluding diaryl/α,β-unsaturated/α-hetero) is 1. The molecule has 0 aliphatic carbocycles. The fourth-order valence-corrected chi connectivity index (χ4v) is 7.07. The number of nitrogens with one attached hydrogen (secondary N) is 1. The molecule has 5 heterocycles. The molecule has 0 bridgehead atoms. The number of anilines is 1. The molecule has 15 heteroatoms. The Morgan fingerprint density at radius 1 is 0.852 bits per heavy atom. The normalized spacial score (nSPS) is 13.8. The van der Waals surface area contributed by atoms with Crippen molar-refractivity contribution in [3.8, 4) is 0 Å². The van der Waals surface area contributed by atoms with Crippen molar-refractivity contribution in [3.05, 3.63) is 100 Å². The van der Waals surface area contributed by atoms with Crippen LogP contribution in [0.1, 0.15) is 68.0 Å². The predicted octanol–water partition coefficient (Wildman–Crippen LogP) is 4.30. The molecule has 15 nitrogen and oxygen atoms in total. The summed E-state index contributed by atoms with van der Waals surface area (Å²) in [6, 6.07) is 14.8. The number of benzene rings is 2. The van der Waals surface area contributed by atoms with E-state index in [-0.39, 0.29) is 18.1 Å². The van der Waals surface area contributed by atoms with Crippen LogP contribution in [0.3, 0.4) is 0 Å². The summed E-state index contributed by atoms with van der Waals surface area (Å²) in [7, 11) is 0. The maximum atomic E-state index is 13.8. The van der Waals surface area contributed by atoms with Gasteiger partial charge in [-0.1, -0.05) is 24.3 Å². The Hall–Kier alpha value is -5.93. The highest BCUT2D eigenvalue weighted by Gasteiger charge is 2.22. The van der Waals surface area contributed by atoms with E-state index in [0.29, 0.717) is 73.6 Å². The molecule has 2 amide bonds. The van der Waals surface area contributed by atoms with Gasteiger partial charge in [0.2, 0.25) is 11.9 Å². The Balaban J connectivity index is 1.22. The summed E-state index contributed by atoms with van der Waals surface area (Å²) in [6.45, 7) is 13.4. The van der Waals surface area contributed by atoms with Crippen molar-refractivity contribution in [2.24, 2.45) is 5.73 Å². The Kier molecular flexibility index (Phi) is 10.5. The van der Waals surface area contributed by atoms with Crippen molar-refractivity contribution < 1.29 is 19.1 Å². The molecule has 2 aromatic carbocycles. The molecule has 3 N–H and O–H groups in total. The Bertz CT molecular complexity index is 2390. The first kappa shape index (κ1) is 36.4. The van der Waals surface area contributed by atoms with Crippen LogP contribution in [0, 0.1) is 13.8 Å². The molecule has 0 saturated carbocycles. The number of primary amides is 1. The SMILES string of the molecule is CCn1nc(C)cc1C(=O)Cc1nc2cccc(CN3CCOCC3)c2n1C/C=C/Cn1c(NC(=O)c2cc(C)nn2CC)nc2cc(C(N)=O)ccc21. The van der Waals surface area contributed by atoms with E-state index in [2.05, 4.69) is 31.0 Å². The van der Waals surface area contributed by atoms with E-state index in [1.807, 2.05) is 62.6 Å². The lowest BCUT2D eigenvalue weighted by molar-refractivity contribution is 0.0343. The van der Waals surface area contributed by atoms with Gasteiger partial charge in [0.05, 0.1) is 53.1 Å². The summed E-state index contributed by atoms with van der Waals surface area (Å²) < 4.78 is 13.0. The number of hydrogen-bond donors (Lipinski definition) is 2. The number of para-hydroxylation sites is 1. The van der Waals surface area contributed by atoms with Gasteiger partial charge in [0.25, 0.3) is 5.91 Å². The maximum Gasteiger partial charge on any atom is 0.276 e. The first-order valence-electron chi connectivity index (χ1n) is 18.3. The van der Waals surface area contributed by atoms with Gasteiger partial charge in [-0.2, -0.15) is 10.2 Å². The van der Waals surface area contributed by atoms with Gasteiger partial charge in [0.1, 0.15) is 17.2 Å². The molecule has 1 fully saturated rings. The molecule has 7 rings (SSSR count). The van der Waals surface area contributed by atoms with E-state index in [1.165, 1.54) is 0 Å². The van der Waals surface area contributed by atoms with E-state index in [0.717, 1.165) is 53.1 Å². The van der Waals surface area contributed by atoms with Crippen LogP contribution in [0.4, 0.5) is 5.95 Å². The van der Waals surface area contributed by atoms with Gasteiger partial charge in [-0.05, 0) is 69.7 Å². The number of carbonyl (C=O) groups excluding carboxylic acids is 3. The summed E-state index contributed by atoms with van der Waals surface area (Å²) in [4.78, 5) is 51.3. The van der Waals surface area contributed by atoms with Crippen LogP contribution in [-0.4, -0.2) is 87.5 Å². The molecule has 6 aromatic rings. The van der Waals surface area contributed by atoms with Crippen LogP contribution in [0.25, 0.3) is 22.1 Å².